The van der Waals surface area contributed by atoms with Gasteiger partial charge in [-0.2, -0.15) is 11.8 Å². The zero-order chi connectivity index (χ0) is 13.7. The minimum Gasteiger partial charge on any atom is -0.381 e. The number of morpholine rings is 1. The molecule has 2 heterocycles. The molecular formula is C13H26IN3O2S. The molecule has 20 heavy (non-hydrogen) atoms. The molecule has 2 aliphatic rings. The molecule has 0 spiro atoms. The van der Waals surface area contributed by atoms with E-state index in [0.717, 1.165) is 52.3 Å². The topological polar surface area (TPSA) is 60.1 Å². The van der Waals surface area contributed by atoms with Gasteiger partial charge in [0.2, 0.25) is 0 Å². The van der Waals surface area contributed by atoms with E-state index in [9.17, 15) is 0 Å². The Morgan fingerprint density at radius 1 is 1.40 bits per heavy atom. The maximum absolute atomic E-state index is 6.12. The van der Waals surface area contributed by atoms with Crippen LogP contribution in [-0.2, 0) is 9.47 Å². The monoisotopic (exact) mass is 415 g/mol. The maximum Gasteiger partial charge on any atom is 0.191 e. The number of halogens is 1. The van der Waals surface area contributed by atoms with E-state index < -0.39 is 0 Å². The molecule has 0 aliphatic carbocycles. The van der Waals surface area contributed by atoms with Crippen molar-refractivity contribution in [2.45, 2.75) is 30.6 Å². The van der Waals surface area contributed by atoms with Crippen LogP contribution in [-0.4, -0.2) is 67.4 Å². The lowest BCUT2D eigenvalue weighted by Gasteiger charge is -2.35. The SMILES string of the molecule is CSC1(CN=C(N)N2CCOC(C)C2)CCOCC1.I. The minimum absolute atomic E-state index is 0. The van der Waals surface area contributed by atoms with Gasteiger partial charge in [0.25, 0.3) is 0 Å². The molecule has 2 aliphatic heterocycles. The van der Waals surface area contributed by atoms with Crippen LogP contribution in [0.3, 0.4) is 0 Å². The maximum atomic E-state index is 6.12. The van der Waals surface area contributed by atoms with E-state index in [1.54, 1.807) is 0 Å². The lowest BCUT2D eigenvalue weighted by atomic mass is 9.99. The van der Waals surface area contributed by atoms with E-state index in [-0.39, 0.29) is 34.8 Å². The Balaban J connectivity index is 0.00000200. The van der Waals surface area contributed by atoms with Crippen LogP contribution in [0.15, 0.2) is 4.99 Å². The Hall–Kier alpha value is 0.270. The highest BCUT2D eigenvalue weighted by Gasteiger charge is 2.31. The summed E-state index contributed by atoms with van der Waals surface area (Å²) in [6.07, 6.45) is 4.52. The van der Waals surface area contributed by atoms with Crippen LogP contribution >= 0.6 is 35.7 Å². The lowest BCUT2D eigenvalue weighted by molar-refractivity contribution is 0.00524. The highest BCUT2D eigenvalue weighted by molar-refractivity contribution is 14.0. The van der Waals surface area contributed by atoms with E-state index in [4.69, 9.17) is 15.2 Å². The summed E-state index contributed by atoms with van der Waals surface area (Å²) >= 11 is 1.90. The third-order valence-corrected chi connectivity index (χ3v) is 5.33. The molecule has 5 nitrogen and oxygen atoms in total. The van der Waals surface area contributed by atoms with Gasteiger partial charge in [0.15, 0.2) is 5.96 Å². The number of aliphatic imine (C=N–C) groups is 1. The van der Waals surface area contributed by atoms with Crippen molar-refractivity contribution < 1.29 is 9.47 Å². The standard InChI is InChI=1S/C13H25N3O2S.HI/c1-11-9-16(5-8-18-11)12(14)15-10-13(19-2)3-6-17-7-4-13;/h11H,3-10H2,1-2H3,(H2,14,15);1H. The summed E-state index contributed by atoms with van der Waals surface area (Å²) in [5, 5.41) is 0. The molecule has 0 aromatic carbocycles. The molecule has 2 fully saturated rings. The molecule has 0 radical (unpaired) electrons. The van der Waals surface area contributed by atoms with Crippen LogP contribution in [0.25, 0.3) is 0 Å². The van der Waals surface area contributed by atoms with Gasteiger partial charge < -0.3 is 20.1 Å². The van der Waals surface area contributed by atoms with Gasteiger partial charge in [0, 0.05) is 31.1 Å². The van der Waals surface area contributed by atoms with Gasteiger partial charge in [-0.3, -0.25) is 4.99 Å². The average molecular weight is 415 g/mol. The molecule has 2 N–H and O–H groups in total. The Labute approximate surface area is 143 Å². The van der Waals surface area contributed by atoms with E-state index in [1.165, 1.54) is 0 Å². The van der Waals surface area contributed by atoms with Gasteiger partial charge in [-0.25, -0.2) is 0 Å². The summed E-state index contributed by atoms with van der Waals surface area (Å²) in [6.45, 7) is 6.95. The molecule has 0 saturated carbocycles. The van der Waals surface area contributed by atoms with Gasteiger partial charge in [-0.05, 0) is 26.0 Å². The van der Waals surface area contributed by atoms with Crippen molar-refractivity contribution in [2.75, 3.05) is 45.7 Å². The summed E-state index contributed by atoms with van der Waals surface area (Å²) in [7, 11) is 0. The second-order valence-corrected chi connectivity index (χ2v) is 6.58. The van der Waals surface area contributed by atoms with Crippen molar-refractivity contribution in [3.05, 3.63) is 0 Å². The second kappa shape index (κ2) is 8.65. The van der Waals surface area contributed by atoms with Crippen LogP contribution in [0.2, 0.25) is 0 Å². The van der Waals surface area contributed by atoms with Crippen LogP contribution in [0, 0.1) is 0 Å². The molecule has 1 atom stereocenters. The zero-order valence-electron chi connectivity index (χ0n) is 12.3. The summed E-state index contributed by atoms with van der Waals surface area (Å²) in [5.41, 5.74) is 6.12. The number of thioether (sulfide) groups is 1. The van der Waals surface area contributed by atoms with Crippen molar-refractivity contribution >= 4 is 41.7 Å². The normalized spacial score (nSPS) is 27.0. The minimum atomic E-state index is 0. The molecule has 1 unspecified atom stereocenters. The molecule has 7 heteroatoms. The Bertz CT molecular complexity index is 325. The van der Waals surface area contributed by atoms with Crippen LogP contribution in [0.5, 0.6) is 0 Å². The quantitative estimate of drug-likeness (QED) is 0.431. The van der Waals surface area contributed by atoms with Gasteiger partial charge in [0.1, 0.15) is 0 Å². The Morgan fingerprint density at radius 3 is 2.70 bits per heavy atom. The third-order valence-electron chi connectivity index (χ3n) is 3.93. The fraction of sp³-hybridized carbons (Fsp3) is 0.923. The highest BCUT2D eigenvalue weighted by atomic mass is 127. The van der Waals surface area contributed by atoms with Crippen molar-refractivity contribution in [3.63, 3.8) is 0 Å². The van der Waals surface area contributed by atoms with Crippen molar-refractivity contribution in [1.29, 1.82) is 0 Å². The first-order valence-electron chi connectivity index (χ1n) is 6.94. The molecular weight excluding hydrogens is 389 g/mol. The summed E-state index contributed by atoms with van der Waals surface area (Å²) in [5.74, 6) is 0.662. The van der Waals surface area contributed by atoms with Crippen molar-refractivity contribution in [3.8, 4) is 0 Å². The number of nitrogens with zero attached hydrogens (tertiary/aromatic N) is 2. The number of hydrogen-bond donors (Lipinski definition) is 1. The van der Waals surface area contributed by atoms with E-state index in [2.05, 4.69) is 23.1 Å². The van der Waals surface area contributed by atoms with Gasteiger partial charge >= 0.3 is 0 Å². The molecule has 0 bridgehead atoms. The smallest absolute Gasteiger partial charge is 0.191 e. The first-order valence-corrected chi connectivity index (χ1v) is 8.17. The van der Waals surface area contributed by atoms with Crippen LogP contribution in [0.4, 0.5) is 0 Å². The third kappa shape index (κ3) is 4.92. The van der Waals surface area contributed by atoms with Gasteiger partial charge in [0.05, 0.1) is 19.3 Å². The number of nitrogens with two attached hydrogens (primary N) is 1. The lowest BCUT2D eigenvalue weighted by Crippen LogP contribution is -2.48. The van der Waals surface area contributed by atoms with Crippen molar-refractivity contribution in [2.24, 2.45) is 10.7 Å². The highest BCUT2D eigenvalue weighted by Crippen LogP contribution is 2.34. The first kappa shape index (κ1) is 18.3. The number of hydrogen-bond acceptors (Lipinski definition) is 4. The Kier molecular flexibility index (Phi) is 7.92. The predicted molar refractivity (Wildman–Crippen MR) is 95.2 cm³/mol. The zero-order valence-corrected chi connectivity index (χ0v) is 15.5. The molecule has 0 aromatic heterocycles. The largest absolute Gasteiger partial charge is 0.381 e. The summed E-state index contributed by atoms with van der Waals surface area (Å²) in [6, 6.07) is 0. The molecule has 0 amide bonds. The molecule has 0 aromatic rings. The van der Waals surface area contributed by atoms with E-state index in [1.807, 2.05) is 11.8 Å². The molecule has 118 valence electrons. The first-order chi connectivity index (χ1) is 9.15. The fourth-order valence-corrected chi connectivity index (χ4v) is 3.29. The average Bonchev–Trinajstić information content (AvgIpc) is 2.46. The van der Waals surface area contributed by atoms with Gasteiger partial charge in [-0.15, -0.1) is 24.0 Å². The van der Waals surface area contributed by atoms with Gasteiger partial charge in [-0.1, -0.05) is 0 Å². The number of rotatable bonds is 3. The second-order valence-electron chi connectivity index (χ2n) is 5.30. The molecule has 2 rings (SSSR count). The number of guanidine groups is 1. The van der Waals surface area contributed by atoms with Crippen molar-refractivity contribution in [1.82, 2.24) is 4.90 Å². The summed E-state index contributed by atoms with van der Waals surface area (Å²) in [4.78, 5) is 6.76. The predicted octanol–water partition coefficient (Wildman–Crippen LogP) is 1.55. The molecule has 2 saturated heterocycles. The van der Waals surface area contributed by atoms with Crippen LogP contribution in [0.1, 0.15) is 19.8 Å². The van der Waals surface area contributed by atoms with Crippen LogP contribution < -0.4 is 5.73 Å². The summed E-state index contributed by atoms with van der Waals surface area (Å²) < 4.78 is 11.2. The number of ether oxygens (including phenoxy) is 2. The fourth-order valence-electron chi connectivity index (χ4n) is 2.52. The Morgan fingerprint density at radius 2 is 2.10 bits per heavy atom. The van der Waals surface area contributed by atoms with E-state index >= 15 is 0 Å². The van der Waals surface area contributed by atoms with E-state index in [0.29, 0.717) is 5.96 Å².